The molecule has 3 rings (SSSR count). The SMILES string of the molecule is Cc1ccnc(NC(C)c2ccc(-c3cccc(F)c3C#N)cc2)c1NC(=O)CC(F)(F)F. The molecule has 9 heteroatoms. The van der Waals surface area contributed by atoms with Gasteiger partial charge in [-0.1, -0.05) is 36.4 Å². The molecule has 0 bridgehead atoms. The van der Waals surface area contributed by atoms with Gasteiger partial charge in [0.1, 0.15) is 18.3 Å². The van der Waals surface area contributed by atoms with Crippen LogP contribution in [0, 0.1) is 24.1 Å². The number of amides is 1. The zero-order chi connectivity index (χ0) is 24.2. The van der Waals surface area contributed by atoms with Crippen molar-refractivity contribution in [3.8, 4) is 17.2 Å². The van der Waals surface area contributed by atoms with Crippen LogP contribution < -0.4 is 10.6 Å². The predicted octanol–water partition coefficient (Wildman–Crippen LogP) is 6.13. The van der Waals surface area contributed by atoms with Gasteiger partial charge in [-0.15, -0.1) is 0 Å². The molecule has 2 aromatic carbocycles. The number of rotatable bonds is 6. The van der Waals surface area contributed by atoms with Crippen LogP contribution in [0.1, 0.15) is 36.1 Å². The molecule has 2 N–H and O–H groups in total. The van der Waals surface area contributed by atoms with Crippen molar-refractivity contribution in [2.24, 2.45) is 0 Å². The second kappa shape index (κ2) is 9.69. The van der Waals surface area contributed by atoms with E-state index >= 15 is 0 Å². The molecule has 0 aliphatic heterocycles. The van der Waals surface area contributed by atoms with E-state index in [-0.39, 0.29) is 23.1 Å². The van der Waals surface area contributed by atoms with Crippen LogP contribution in [0.3, 0.4) is 0 Å². The zero-order valence-electron chi connectivity index (χ0n) is 17.8. The van der Waals surface area contributed by atoms with Gasteiger partial charge in [0.2, 0.25) is 5.91 Å². The summed E-state index contributed by atoms with van der Waals surface area (Å²) in [5, 5.41) is 14.6. The van der Waals surface area contributed by atoms with Crippen LogP contribution in [0.5, 0.6) is 0 Å². The number of benzene rings is 2. The lowest BCUT2D eigenvalue weighted by Gasteiger charge is -2.20. The second-order valence-corrected chi connectivity index (χ2v) is 7.45. The van der Waals surface area contributed by atoms with Gasteiger partial charge in [-0.3, -0.25) is 4.79 Å². The minimum atomic E-state index is -4.62. The Morgan fingerprint density at radius 1 is 1.15 bits per heavy atom. The van der Waals surface area contributed by atoms with Crippen LogP contribution in [0.15, 0.2) is 54.7 Å². The first-order valence-corrected chi connectivity index (χ1v) is 9.96. The molecule has 0 aliphatic rings. The Labute approximate surface area is 188 Å². The summed E-state index contributed by atoms with van der Waals surface area (Å²) in [6, 6.07) is 14.6. The Morgan fingerprint density at radius 3 is 2.48 bits per heavy atom. The minimum Gasteiger partial charge on any atom is -0.362 e. The zero-order valence-corrected chi connectivity index (χ0v) is 17.8. The van der Waals surface area contributed by atoms with Crippen LogP contribution in [0.4, 0.5) is 29.1 Å². The van der Waals surface area contributed by atoms with Gasteiger partial charge in [0, 0.05) is 11.8 Å². The molecule has 0 spiro atoms. The maximum atomic E-state index is 13.9. The van der Waals surface area contributed by atoms with Crippen molar-refractivity contribution in [3.05, 3.63) is 77.2 Å². The van der Waals surface area contributed by atoms with Crippen LogP contribution in [0.2, 0.25) is 0 Å². The molecular formula is C24H20F4N4O. The van der Waals surface area contributed by atoms with E-state index in [4.69, 9.17) is 0 Å². The Bertz CT molecular complexity index is 1200. The van der Waals surface area contributed by atoms with Crippen molar-refractivity contribution in [3.63, 3.8) is 0 Å². The van der Waals surface area contributed by atoms with E-state index in [2.05, 4.69) is 15.6 Å². The molecule has 0 fully saturated rings. The topological polar surface area (TPSA) is 77.8 Å². The molecule has 1 unspecified atom stereocenters. The van der Waals surface area contributed by atoms with Crippen molar-refractivity contribution in [2.45, 2.75) is 32.5 Å². The third-order valence-electron chi connectivity index (χ3n) is 4.99. The first-order valence-electron chi connectivity index (χ1n) is 9.96. The molecule has 1 heterocycles. The van der Waals surface area contributed by atoms with E-state index in [1.807, 2.05) is 13.0 Å². The molecule has 0 aliphatic carbocycles. The molecule has 1 amide bonds. The molecule has 0 saturated carbocycles. The molecule has 3 aromatic rings. The standard InChI is InChI=1S/C24H20F4N4O/c1-14-10-11-30-23(22(14)32-21(33)12-24(26,27)28)31-15(2)16-6-8-17(9-7-16)18-4-3-5-20(25)19(18)13-29/h3-11,15H,12H2,1-2H3,(H,30,31)(H,32,33). The Hall–Kier alpha value is -3.93. The average molecular weight is 456 g/mol. The number of nitrogens with zero attached hydrogens (tertiary/aromatic N) is 2. The number of carbonyl (C=O) groups is 1. The molecule has 33 heavy (non-hydrogen) atoms. The van der Waals surface area contributed by atoms with Gasteiger partial charge in [0.25, 0.3) is 0 Å². The van der Waals surface area contributed by atoms with Crippen molar-refractivity contribution < 1.29 is 22.4 Å². The number of anilines is 2. The summed E-state index contributed by atoms with van der Waals surface area (Å²) in [6.45, 7) is 3.48. The number of aromatic nitrogens is 1. The number of nitrogens with one attached hydrogen (secondary N) is 2. The van der Waals surface area contributed by atoms with Gasteiger partial charge in [-0.2, -0.15) is 18.4 Å². The quantitative estimate of drug-likeness (QED) is 0.437. The second-order valence-electron chi connectivity index (χ2n) is 7.45. The van der Waals surface area contributed by atoms with Crippen LogP contribution >= 0.6 is 0 Å². The van der Waals surface area contributed by atoms with Gasteiger partial charge in [0.05, 0.1) is 17.3 Å². The molecule has 0 radical (unpaired) electrons. The number of carbonyl (C=O) groups excluding carboxylic acids is 1. The third-order valence-corrected chi connectivity index (χ3v) is 4.99. The number of hydrogen-bond donors (Lipinski definition) is 2. The van der Waals surface area contributed by atoms with Gasteiger partial charge >= 0.3 is 6.18 Å². The van der Waals surface area contributed by atoms with Crippen LogP contribution in [-0.4, -0.2) is 17.1 Å². The van der Waals surface area contributed by atoms with Gasteiger partial charge in [-0.05, 0) is 42.7 Å². The normalized spacial score (nSPS) is 12.0. The molecule has 170 valence electrons. The van der Waals surface area contributed by atoms with E-state index in [9.17, 15) is 27.6 Å². The highest BCUT2D eigenvalue weighted by Gasteiger charge is 2.31. The maximum Gasteiger partial charge on any atom is 0.397 e. The fourth-order valence-corrected chi connectivity index (χ4v) is 3.31. The lowest BCUT2D eigenvalue weighted by atomic mass is 9.97. The predicted molar refractivity (Wildman–Crippen MR) is 117 cm³/mol. The van der Waals surface area contributed by atoms with E-state index in [1.54, 1.807) is 43.3 Å². The van der Waals surface area contributed by atoms with Crippen LogP contribution in [0.25, 0.3) is 11.1 Å². The minimum absolute atomic E-state index is 0.0420. The molecule has 0 saturated heterocycles. The van der Waals surface area contributed by atoms with E-state index < -0.39 is 24.3 Å². The molecule has 1 atom stereocenters. The summed E-state index contributed by atoms with van der Waals surface area (Å²) in [5.41, 5.74) is 2.63. The highest BCUT2D eigenvalue weighted by atomic mass is 19.4. The Kier molecular flexibility index (Phi) is 6.97. The van der Waals surface area contributed by atoms with E-state index in [0.29, 0.717) is 16.7 Å². The largest absolute Gasteiger partial charge is 0.397 e. The van der Waals surface area contributed by atoms with Gasteiger partial charge < -0.3 is 10.6 Å². The summed E-state index contributed by atoms with van der Waals surface area (Å²) < 4.78 is 51.5. The number of pyridine rings is 1. The van der Waals surface area contributed by atoms with Gasteiger partial charge in [-0.25, -0.2) is 9.37 Å². The first kappa shape index (κ1) is 23.7. The summed E-state index contributed by atoms with van der Waals surface area (Å²) in [4.78, 5) is 16.0. The third kappa shape index (κ3) is 5.86. The Balaban J connectivity index is 1.81. The molecule has 1 aromatic heterocycles. The van der Waals surface area contributed by atoms with E-state index in [0.717, 1.165) is 5.56 Å². The number of hydrogen-bond acceptors (Lipinski definition) is 4. The van der Waals surface area contributed by atoms with Crippen molar-refractivity contribution >= 4 is 17.4 Å². The Morgan fingerprint density at radius 2 is 1.85 bits per heavy atom. The smallest absolute Gasteiger partial charge is 0.362 e. The first-order chi connectivity index (χ1) is 15.6. The summed E-state index contributed by atoms with van der Waals surface area (Å²) in [6.07, 6.45) is -4.72. The van der Waals surface area contributed by atoms with Crippen molar-refractivity contribution in [1.29, 1.82) is 5.26 Å². The number of aryl methyl sites for hydroxylation is 1. The molecule has 5 nitrogen and oxygen atoms in total. The van der Waals surface area contributed by atoms with Crippen LogP contribution in [-0.2, 0) is 4.79 Å². The summed E-state index contributed by atoms with van der Waals surface area (Å²) in [7, 11) is 0. The number of alkyl halides is 3. The fourth-order valence-electron chi connectivity index (χ4n) is 3.31. The summed E-state index contributed by atoms with van der Waals surface area (Å²) >= 11 is 0. The highest BCUT2D eigenvalue weighted by molar-refractivity contribution is 5.94. The highest BCUT2D eigenvalue weighted by Crippen LogP contribution is 2.30. The van der Waals surface area contributed by atoms with Crippen molar-refractivity contribution in [2.75, 3.05) is 10.6 Å². The molecular weight excluding hydrogens is 436 g/mol. The number of nitriles is 1. The summed E-state index contributed by atoms with van der Waals surface area (Å²) in [5.74, 6) is -1.54. The van der Waals surface area contributed by atoms with Gasteiger partial charge in [0.15, 0.2) is 5.82 Å². The number of halogens is 4. The van der Waals surface area contributed by atoms with Crippen molar-refractivity contribution in [1.82, 2.24) is 4.98 Å². The monoisotopic (exact) mass is 456 g/mol. The lowest BCUT2D eigenvalue weighted by molar-refractivity contribution is -0.150. The lowest BCUT2D eigenvalue weighted by Crippen LogP contribution is -2.22. The average Bonchev–Trinajstić information content (AvgIpc) is 2.75. The maximum absolute atomic E-state index is 13.9. The van der Waals surface area contributed by atoms with E-state index in [1.165, 1.54) is 18.3 Å². The fraction of sp³-hybridized carbons (Fsp3) is 0.208.